The van der Waals surface area contributed by atoms with E-state index < -0.39 is 229 Å². The van der Waals surface area contributed by atoms with Crippen LogP contribution in [-0.2, 0) is 101 Å². The number of aliphatic hydroxyl groups excluding tert-OH is 1. The molecular formula is C87H124N22O19S3. The van der Waals surface area contributed by atoms with Gasteiger partial charge in [-0.15, -0.1) is 23.1 Å². The topological polar surface area (TPSA) is 623 Å². The lowest BCUT2D eigenvalue weighted by molar-refractivity contribution is -0.149. The number of phenolic OH excluding ortho intramolecular Hbond substituents is 1. The van der Waals surface area contributed by atoms with Crippen molar-refractivity contribution in [2.45, 2.75) is 209 Å². The number of nitrogens with two attached hydrogens (primary N) is 4. The summed E-state index contributed by atoms with van der Waals surface area (Å²) in [7, 11) is 3.93. The third-order valence-electron chi connectivity index (χ3n) is 23.2. The van der Waals surface area contributed by atoms with Gasteiger partial charge in [0.1, 0.15) is 90.3 Å². The normalized spacial score (nSPS) is 24.6. The van der Waals surface area contributed by atoms with Gasteiger partial charge in [-0.05, 0) is 134 Å². The maximum Gasteiger partial charge on any atom is 0.246 e. The van der Waals surface area contributed by atoms with E-state index in [9.17, 15) is 58.2 Å². The summed E-state index contributed by atoms with van der Waals surface area (Å²) in [6.45, 7) is 4.23. The van der Waals surface area contributed by atoms with Crippen LogP contribution in [-0.4, -0.2) is 315 Å². The van der Waals surface area contributed by atoms with Crippen LogP contribution in [0.5, 0.6) is 5.75 Å². The standard InChI is InChI=1S/C87H124N22O19S3/c1-9-10-22-65-79(121)97-56(21-15-31-93-87(91)92)75(117)104-64(74(116)95-42-71(90)113)45-130-46-72(114)96-59(36-49-26-28-52(111)29-27-49)82(124)105(5)48(4)73(115)99-61(39-70(89)112)85(127)109-33-17-24-67(109)81(123)102-62(40-88)77(119)100-58(35-47(2)3)84(126)108-32-16-23-66(108)80(122)98-57(37-50-41-94-55-20-13-11-18-53(50)55)76(118)103-63(43-110)78(120)101-60(38-51-44-131-69-25-14-12-19-54(51)69)83(125)107(7)68(30-34-129-8)86(128)106(65)6/h11-14,18-20,25-29,41,44,47-48,56-68,94,110-111H,9-10,15-17,21-24,30-40,42-43,45-46,88H2,1-8H3,(H2,89,112)(H2,90,113)(H,95,116)(H,96,114)(H,97,121)(H,98,122)(H,99,115)(H,100,119)(H,101,120)(H,102,123)(H,103,118)(H,104,117)(H4,91,92,93)/t48-,56-,57-,58-,59-,60-,61-,62-,63-,64?,65-,66-,67-,68-/m0/s1. The molecule has 8 rings (SSSR count). The Hall–Kier alpha value is -12.2. The van der Waals surface area contributed by atoms with Crippen LogP contribution in [0.3, 0.4) is 0 Å². The van der Waals surface area contributed by atoms with Crippen LogP contribution in [0, 0.1) is 11.3 Å². The van der Waals surface area contributed by atoms with Crippen LogP contribution < -0.4 is 81.4 Å². The number of amides is 17. The highest BCUT2D eigenvalue weighted by Crippen LogP contribution is 2.30. The predicted molar refractivity (Wildman–Crippen MR) is 492 cm³/mol. The van der Waals surface area contributed by atoms with Crippen LogP contribution in [0.1, 0.15) is 121 Å². The molecule has 3 fully saturated rings. The van der Waals surface area contributed by atoms with Crippen LogP contribution in [0.25, 0.3) is 21.0 Å². The van der Waals surface area contributed by atoms with Crippen LogP contribution in [0.2, 0.25) is 0 Å². The number of aromatic amines is 1. The first-order valence-corrected chi connectivity index (χ1v) is 47.0. The second-order valence-corrected chi connectivity index (χ2v) is 36.2. The highest BCUT2D eigenvalue weighted by atomic mass is 32.2. The molecule has 0 aliphatic carbocycles. The molecule has 0 spiro atoms. The molecule has 23 N–H and O–H groups in total. The van der Waals surface area contributed by atoms with Crippen molar-refractivity contribution in [2.24, 2.45) is 28.9 Å². The zero-order chi connectivity index (χ0) is 96.0. The summed E-state index contributed by atoms with van der Waals surface area (Å²) in [6.07, 6.45) is 3.05. The zero-order valence-electron chi connectivity index (χ0n) is 74.8. The summed E-state index contributed by atoms with van der Waals surface area (Å²) in [5.41, 5.74) is 25.1. The number of nitrogens with zero attached hydrogens (tertiary/aromatic N) is 5. The molecule has 3 aromatic carbocycles. The minimum Gasteiger partial charge on any atom is -0.508 e. The Balaban J connectivity index is 1.18. The Morgan fingerprint density at radius 2 is 1.13 bits per heavy atom. The minimum absolute atomic E-state index is 0.00137. The summed E-state index contributed by atoms with van der Waals surface area (Å²) in [4.78, 5) is 257. The molecule has 3 saturated heterocycles. The lowest BCUT2D eigenvalue weighted by Gasteiger charge is -2.36. The lowest BCUT2D eigenvalue weighted by Crippen LogP contribution is -2.62. The molecule has 714 valence electrons. The second-order valence-electron chi connectivity index (χ2n) is 33.3. The molecule has 5 heterocycles. The molecule has 44 heteroatoms. The van der Waals surface area contributed by atoms with Crippen molar-refractivity contribution >= 4 is 162 Å². The highest BCUT2D eigenvalue weighted by molar-refractivity contribution is 8.00. The molecule has 0 saturated carbocycles. The largest absolute Gasteiger partial charge is 0.508 e. The monoisotopic (exact) mass is 1880 g/mol. The fourth-order valence-corrected chi connectivity index (χ4v) is 18.2. The van der Waals surface area contributed by atoms with E-state index in [1.54, 1.807) is 62.0 Å². The summed E-state index contributed by atoms with van der Waals surface area (Å²) in [5.74, 6) is -17.1. The third-order valence-corrected chi connectivity index (χ3v) is 25.9. The first-order valence-electron chi connectivity index (χ1n) is 43.6. The number of rotatable bonds is 25. The Kier molecular flexibility index (Phi) is 40.0. The predicted octanol–water partition coefficient (Wildman–Crippen LogP) is -2.61. The maximum absolute atomic E-state index is 15.7. The number of nitrogens with one attached hydrogen (secondary N) is 13. The first kappa shape index (κ1) is 104. The molecule has 41 nitrogen and oxygen atoms in total. The number of primary amides is 2. The van der Waals surface area contributed by atoms with Crippen molar-refractivity contribution < 1.29 is 91.7 Å². The molecule has 1 unspecified atom stereocenters. The van der Waals surface area contributed by atoms with Crippen molar-refractivity contribution in [3.05, 3.63) is 101 Å². The van der Waals surface area contributed by atoms with Gasteiger partial charge < -0.3 is 121 Å². The maximum atomic E-state index is 15.7. The molecule has 2 aromatic heterocycles. The molecule has 5 aromatic rings. The van der Waals surface area contributed by atoms with E-state index in [-0.39, 0.29) is 114 Å². The van der Waals surface area contributed by atoms with Gasteiger partial charge in [-0.25, -0.2) is 0 Å². The number of aliphatic hydroxyl groups is 1. The number of likely N-dealkylation sites (N-methyl/N-ethyl adjacent to an activating group) is 3. The number of H-pyrrole nitrogens is 1. The Morgan fingerprint density at radius 1 is 0.573 bits per heavy atom. The third kappa shape index (κ3) is 29.4. The number of aromatic nitrogens is 1. The number of carbonyl (C=O) groups is 17. The Labute approximate surface area is 771 Å². The molecule has 131 heavy (non-hydrogen) atoms. The summed E-state index contributed by atoms with van der Waals surface area (Å²) < 4.78 is 0.823. The Bertz CT molecular complexity index is 4920. The number of thiophene rings is 1. The molecule has 14 atom stereocenters. The summed E-state index contributed by atoms with van der Waals surface area (Å²) >= 11 is 3.46. The van der Waals surface area contributed by atoms with E-state index in [4.69, 9.17) is 28.3 Å². The number of hydrogen-bond acceptors (Lipinski definition) is 24. The molecule has 3 aliphatic rings. The summed E-state index contributed by atoms with van der Waals surface area (Å²) in [5, 5.41) is 61.4. The van der Waals surface area contributed by atoms with Crippen LogP contribution in [0.15, 0.2) is 84.4 Å². The number of hydrogen-bond donors (Lipinski definition) is 19. The van der Waals surface area contributed by atoms with Crippen molar-refractivity contribution in [2.75, 3.05) is 84.0 Å². The van der Waals surface area contributed by atoms with Gasteiger partial charge in [-0.1, -0.05) is 82.1 Å². The lowest BCUT2D eigenvalue weighted by atomic mass is 10.0. The number of para-hydroxylation sites is 1. The average Bonchev–Trinajstić information content (AvgIpc) is 1.81. The van der Waals surface area contributed by atoms with E-state index >= 15 is 33.6 Å². The van der Waals surface area contributed by atoms with Gasteiger partial charge in [0.2, 0.25) is 100 Å². The average molecular weight is 1880 g/mol. The van der Waals surface area contributed by atoms with E-state index in [1.165, 1.54) is 80.3 Å². The van der Waals surface area contributed by atoms with Gasteiger partial charge in [0.05, 0.1) is 25.3 Å². The number of thioether (sulfide) groups is 2. The van der Waals surface area contributed by atoms with Gasteiger partial charge in [0.15, 0.2) is 5.96 Å². The van der Waals surface area contributed by atoms with E-state index in [0.717, 1.165) is 41.4 Å². The molecule has 0 radical (unpaired) electrons. The summed E-state index contributed by atoms with van der Waals surface area (Å²) in [6, 6.07) is -1.18. The Morgan fingerprint density at radius 3 is 1.76 bits per heavy atom. The van der Waals surface area contributed by atoms with E-state index in [2.05, 4.69) is 63.5 Å². The quantitative estimate of drug-likeness (QED) is 0.0162. The van der Waals surface area contributed by atoms with Crippen molar-refractivity contribution in [3.8, 4) is 5.75 Å². The van der Waals surface area contributed by atoms with Crippen molar-refractivity contribution in [1.82, 2.24) is 88.0 Å². The molecular weight excluding hydrogens is 1750 g/mol. The number of guanidine groups is 1. The van der Waals surface area contributed by atoms with E-state index in [1.807, 2.05) is 25.1 Å². The number of aromatic hydroxyl groups is 1. The zero-order valence-corrected chi connectivity index (χ0v) is 77.3. The van der Waals surface area contributed by atoms with Crippen LogP contribution in [0.4, 0.5) is 0 Å². The minimum atomic E-state index is -1.84. The number of fused-ring (bicyclic) bond motifs is 4. The SMILES string of the molecule is CCCC[C@H]1C(=O)N[C@@H](CCCNC(=N)N)C(=O)NC(C(=O)NCC(N)=O)CSCC(=O)N[C@@H](Cc2ccc(O)cc2)C(=O)N(C)[C@@H](C)C(=O)N[C@@H](CC(N)=O)C(=O)N2CCC[C@H]2C(=O)N[C@@H](CN)C(=O)N[C@@H](CC(C)C)C(=O)N2CCC[C@H]2C(=O)N[C@@H](Cc2c[nH]c3ccccc23)C(=O)N[C@@H](CO)C(=O)N[C@@H](Cc2csc3ccccc23)C(=O)N(C)[C@@H](CCSC)C(=O)N1C. The number of phenols is 1. The van der Waals surface area contributed by atoms with Gasteiger partial charge in [-0.2, -0.15) is 11.8 Å². The van der Waals surface area contributed by atoms with E-state index in [0.29, 0.717) is 40.4 Å². The molecule has 0 bridgehead atoms. The number of unbranched alkanes of at least 4 members (excludes halogenated alkanes) is 1. The van der Waals surface area contributed by atoms with Crippen molar-refractivity contribution in [1.29, 1.82) is 5.41 Å². The van der Waals surface area contributed by atoms with Gasteiger partial charge in [0, 0.05) is 94.1 Å². The highest BCUT2D eigenvalue weighted by Gasteiger charge is 2.45. The number of carbonyl (C=O) groups excluding carboxylic acids is 17. The van der Waals surface area contributed by atoms with Crippen LogP contribution >= 0.6 is 34.9 Å². The van der Waals surface area contributed by atoms with Crippen molar-refractivity contribution in [3.63, 3.8) is 0 Å². The van der Waals surface area contributed by atoms with Gasteiger partial charge in [0.25, 0.3) is 0 Å². The number of benzene rings is 3. The molecule has 17 amide bonds. The first-order chi connectivity index (χ1) is 62.4. The van der Waals surface area contributed by atoms with Gasteiger partial charge >= 0.3 is 0 Å². The van der Waals surface area contributed by atoms with Gasteiger partial charge in [-0.3, -0.25) is 86.9 Å². The second kappa shape index (κ2) is 50.3. The fraction of sp³-hybridized carbons (Fsp3) is 0.540. The smallest absolute Gasteiger partial charge is 0.246 e. The fourth-order valence-electron chi connectivity index (χ4n) is 15.9. The molecule has 3 aliphatic heterocycles.